The zero-order valence-corrected chi connectivity index (χ0v) is 8.39. The SMILES string of the molecule is CC1CNC(C)(c2ccc(Cl)o2)O1. The zero-order valence-electron chi connectivity index (χ0n) is 7.63. The van der Waals surface area contributed by atoms with Crippen molar-refractivity contribution in [2.75, 3.05) is 6.54 Å². The number of furan rings is 1. The topological polar surface area (TPSA) is 34.4 Å². The van der Waals surface area contributed by atoms with Gasteiger partial charge in [0.05, 0.1) is 6.10 Å². The van der Waals surface area contributed by atoms with Crippen molar-refractivity contribution in [3.8, 4) is 0 Å². The van der Waals surface area contributed by atoms with Gasteiger partial charge in [-0.2, -0.15) is 0 Å². The molecule has 1 aromatic rings. The van der Waals surface area contributed by atoms with Crippen LogP contribution in [0.1, 0.15) is 19.6 Å². The third kappa shape index (κ3) is 1.59. The van der Waals surface area contributed by atoms with Crippen LogP contribution in [0.15, 0.2) is 16.5 Å². The van der Waals surface area contributed by atoms with Crippen molar-refractivity contribution in [2.45, 2.75) is 25.7 Å². The predicted molar refractivity (Wildman–Crippen MR) is 49.6 cm³/mol. The molecule has 1 saturated heterocycles. The summed E-state index contributed by atoms with van der Waals surface area (Å²) >= 11 is 5.69. The Labute approximate surface area is 82.0 Å². The van der Waals surface area contributed by atoms with Crippen molar-refractivity contribution >= 4 is 11.6 Å². The molecule has 72 valence electrons. The van der Waals surface area contributed by atoms with Gasteiger partial charge >= 0.3 is 0 Å². The molecule has 2 heterocycles. The van der Waals surface area contributed by atoms with Gasteiger partial charge in [-0.15, -0.1) is 0 Å². The fraction of sp³-hybridized carbons (Fsp3) is 0.556. The molecule has 2 rings (SSSR count). The van der Waals surface area contributed by atoms with E-state index in [-0.39, 0.29) is 6.10 Å². The van der Waals surface area contributed by atoms with Gasteiger partial charge in [0.15, 0.2) is 16.7 Å². The maximum absolute atomic E-state index is 5.69. The molecule has 0 aliphatic carbocycles. The Bertz CT molecular complexity index is 312. The summed E-state index contributed by atoms with van der Waals surface area (Å²) in [5.74, 6) is 0.724. The maximum atomic E-state index is 5.69. The molecule has 0 bridgehead atoms. The summed E-state index contributed by atoms with van der Waals surface area (Å²) in [4.78, 5) is 0. The number of hydrogen-bond donors (Lipinski definition) is 1. The third-order valence-electron chi connectivity index (χ3n) is 2.21. The van der Waals surface area contributed by atoms with Crippen LogP contribution in [0.2, 0.25) is 5.22 Å². The highest BCUT2D eigenvalue weighted by atomic mass is 35.5. The summed E-state index contributed by atoms with van der Waals surface area (Å²) in [6, 6.07) is 3.55. The van der Waals surface area contributed by atoms with E-state index < -0.39 is 5.72 Å². The highest BCUT2D eigenvalue weighted by molar-refractivity contribution is 6.28. The standard InChI is InChI=1S/C9H12ClNO2/c1-6-5-11-9(2,13-6)7-3-4-8(10)12-7/h3-4,6,11H,5H2,1-2H3. The van der Waals surface area contributed by atoms with Gasteiger partial charge in [0.25, 0.3) is 0 Å². The van der Waals surface area contributed by atoms with E-state index in [2.05, 4.69) is 5.32 Å². The first-order valence-electron chi connectivity index (χ1n) is 4.29. The van der Waals surface area contributed by atoms with Gasteiger partial charge in [0.2, 0.25) is 0 Å². The monoisotopic (exact) mass is 201 g/mol. The van der Waals surface area contributed by atoms with Crippen LogP contribution >= 0.6 is 11.6 Å². The molecule has 0 saturated carbocycles. The number of rotatable bonds is 1. The van der Waals surface area contributed by atoms with Crippen LogP contribution in [0.25, 0.3) is 0 Å². The minimum atomic E-state index is -0.521. The highest BCUT2D eigenvalue weighted by Crippen LogP contribution is 2.30. The smallest absolute Gasteiger partial charge is 0.193 e. The van der Waals surface area contributed by atoms with Crippen LogP contribution in [0, 0.1) is 0 Å². The second-order valence-electron chi connectivity index (χ2n) is 3.45. The van der Waals surface area contributed by atoms with Gasteiger partial charge < -0.3 is 9.15 Å². The number of ether oxygens (including phenoxy) is 1. The molecule has 2 atom stereocenters. The second kappa shape index (κ2) is 3.01. The zero-order chi connectivity index (χ0) is 9.47. The third-order valence-corrected chi connectivity index (χ3v) is 2.41. The van der Waals surface area contributed by atoms with Gasteiger partial charge in [-0.05, 0) is 37.6 Å². The van der Waals surface area contributed by atoms with Crippen molar-refractivity contribution in [1.29, 1.82) is 0 Å². The van der Waals surface area contributed by atoms with E-state index >= 15 is 0 Å². The largest absolute Gasteiger partial charge is 0.445 e. The first kappa shape index (κ1) is 9.06. The van der Waals surface area contributed by atoms with Crippen LogP contribution in [-0.4, -0.2) is 12.6 Å². The average Bonchev–Trinajstić information content (AvgIpc) is 2.60. The van der Waals surface area contributed by atoms with Crippen LogP contribution in [0.5, 0.6) is 0 Å². The molecule has 2 unspecified atom stereocenters. The Hall–Kier alpha value is -0.510. The summed E-state index contributed by atoms with van der Waals surface area (Å²) < 4.78 is 11.0. The van der Waals surface area contributed by atoms with Crippen molar-refractivity contribution in [2.24, 2.45) is 0 Å². The molecule has 1 N–H and O–H groups in total. The summed E-state index contributed by atoms with van der Waals surface area (Å²) in [6.45, 7) is 4.78. The van der Waals surface area contributed by atoms with Crippen LogP contribution in [0.4, 0.5) is 0 Å². The lowest BCUT2D eigenvalue weighted by molar-refractivity contribution is -0.0487. The Morgan fingerprint density at radius 2 is 2.38 bits per heavy atom. The lowest BCUT2D eigenvalue weighted by Crippen LogP contribution is -2.33. The first-order valence-corrected chi connectivity index (χ1v) is 4.66. The van der Waals surface area contributed by atoms with E-state index in [1.165, 1.54) is 0 Å². The molecule has 0 spiro atoms. The predicted octanol–water partition coefficient (Wildman–Crippen LogP) is 2.11. The van der Waals surface area contributed by atoms with Crippen LogP contribution in [-0.2, 0) is 10.5 Å². The molecular weight excluding hydrogens is 190 g/mol. The van der Waals surface area contributed by atoms with Crippen molar-refractivity contribution in [3.05, 3.63) is 23.1 Å². The van der Waals surface area contributed by atoms with Crippen molar-refractivity contribution in [3.63, 3.8) is 0 Å². The van der Waals surface area contributed by atoms with Crippen LogP contribution in [0.3, 0.4) is 0 Å². The minimum Gasteiger partial charge on any atom is -0.445 e. The molecule has 1 fully saturated rings. The molecule has 1 aromatic heterocycles. The fourth-order valence-electron chi connectivity index (χ4n) is 1.54. The van der Waals surface area contributed by atoms with E-state index in [0.717, 1.165) is 12.3 Å². The average molecular weight is 202 g/mol. The first-order chi connectivity index (χ1) is 6.10. The fourth-order valence-corrected chi connectivity index (χ4v) is 1.69. The van der Waals surface area contributed by atoms with E-state index in [4.69, 9.17) is 20.8 Å². The molecule has 0 radical (unpaired) electrons. The molecule has 0 aromatic carbocycles. The number of hydrogen-bond acceptors (Lipinski definition) is 3. The van der Waals surface area contributed by atoms with E-state index in [0.29, 0.717) is 5.22 Å². The van der Waals surface area contributed by atoms with Crippen molar-refractivity contribution in [1.82, 2.24) is 5.32 Å². The van der Waals surface area contributed by atoms with Gasteiger partial charge in [-0.1, -0.05) is 0 Å². The van der Waals surface area contributed by atoms with Crippen molar-refractivity contribution < 1.29 is 9.15 Å². The Morgan fingerprint density at radius 1 is 1.62 bits per heavy atom. The normalized spacial score (nSPS) is 33.9. The molecule has 13 heavy (non-hydrogen) atoms. The molecule has 4 heteroatoms. The highest BCUT2D eigenvalue weighted by Gasteiger charge is 2.37. The van der Waals surface area contributed by atoms with E-state index in [9.17, 15) is 0 Å². The van der Waals surface area contributed by atoms with Gasteiger partial charge in [-0.3, -0.25) is 5.32 Å². The van der Waals surface area contributed by atoms with Gasteiger partial charge in [0.1, 0.15) is 0 Å². The lowest BCUT2D eigenvalue weighted by atomic mass is 10.2. The van der Waals surface area contributed by atoms with Crippen LogP contribution < -0.4 is 5.32 Å². The molecule has 3 nitrogen and oxygen atoms in total. The maximum Gasteiger partial charge on any atom is 0.193 e. The Morgan fingerprint density at radius 3 is 2.85 bits per heavy atom. The van der Waals surface area contributed by atoms with Gasteiger partial charge in [-0.25, -0.2) is 0 Å². The van der Waals surface area contributed by atoms with E-state index in [1.54, 1.807) is 6.07 Å². The minimum absolute atomic E-state index is 0.203. The summed E-state index contributed by atoms with van der Waals surface area (Å²) in [5, 5.41) is 3.63. The van der Waals surface area contributed by atoms with E-state index in [1.807, 2.05) is 19.9 Å². The number of nitrogens with one attached hydrogen (secondary N) is 1. The molecule has 0 amide bonds. The Kier molecular flexibility index (Phi) is 2.10. The van der Waals surface area contributed by atoms with Gasteiger partial charge in [0, 0.05) is 6.54 Å². The summed E-state index contributed by atoms with van der Waals surface area (Å²) in [5.41, 5.74) is -0.521. The lowest BCUT2D eigenvalue weighted by Gasteiger charge is -2.21. The molecule has 1 aliphatic rings. The molecule has 1 aliphatic heterocycles. The Balaban J connectivity index is 2.25. The molecular formula is C9H12ClNO2. The quantitative estimate of drug-likeness (QED) is 0.756. The second-order valence-corrected chi connectivity index (χ2v) is 3.82. The number of halogens is 1. The summed E-state index contributed by atoms with van der Waals surface area (Å²) in [7, 11) is 0. The summed E-state index contributed by atoms with van der Waals surface area (Å²) in [6.07, 6.45) is 0.203.